The Hall–Kier alpha value is -6.04. The number of carbonyl (C=O) groups is 3. The van der Waals surface area contributed by atoms with Gasteiger partial charge in [0.05, 0.1) is 24.3 Å². The molecule has 53 heavy (non-hydrogen) atoms. The van der Waals surface area contributed by atoms with Crippen LogP contribution in [0.2, 0.25) is 0 Å². The number of nitrogens with one attached hydrogen (secondary N) is 4. The van der Waals surface area contributed by atoms with Crippen molar-refractivity contribution in [3.8, 4) is 11.5 Å². The number of aromatic amines is 2. The molecule has 0 saturated heterocycles. The minimum absolute atomic E-state index is 0.0287. The Morgan fingerprint density at radius 3 is 2.28 bits per heavy atom. The van der Waals surface area contributed by atoms with E-state index < -0.39 is 88.0 Å². The molecule has 3 aromatic carbocycles. The average molecular weight is 745 g/mol. The van der Waals surface area contributed by atoms with Gasteiger partial charge in [0, 0.05) is 23.9 Å². The van der Waals surface area contributed by atoms with Gasteiger partial charge < -0.3 is 30.2 Å². The van der Waals surface area contributed by atoms with Crippen molar-refractivity contribution in [1.29, 1.82) is 0 Å². The standard InChI is InChI=1S/C35H33F5N6O7/c1-35(2,51)26-27(37)29(39)31(30(40)28(26)38)53-15-24(47)21(10-11-46-16-41-45-34(46)50)43-32(48)22(13-17-6-4-7-18(36)12-17)44-33(49)23-14-19-20(42-23)8-5-9-25(19)52-3/h4-9,12,14,16,21-22,42,51H,10-11,13,15H2,1-3H3,(H,43,48)(H,44,49)(H,45,50)/t21-,22-/m0/s1. The molecule has 5 rings (SSSR count). The van der Waals surface area contributed by atoms with Crippen LogP contribution in [0.4, 0.5) is 22.0 Å². The number of aliphatic hydroxyl groups is 1. The highest BCUT2D eigenvalue weighted by molar-refractivity contribution is 6.02. The third-order valence-electron chi connectivity index (χ3n) is 8.22. The zero-order valence-corrected chi connectivity index (χ0v) is 28.4. The van der Waals surface area contributed by atoms with Gasteiger partial charge in [-0.25, -0.2) is 23.1 Å². The van der Waals surface area contributed by atoms with Gasteiger partial charge in [0.1, 0.15) is 36.2 Å². The molecule has 2 atom stereocenters. The lowest BCUT2D eigenvalue weighted by molar-refractivity contribution is -0.130. The summed E-state index contributed by atoms with van der Waals surface area (Å²) in [6, 6.07) is 8.68. The third kappa shape index (κ3) is 8.54. The molecule has 5 N–H and O–H groups in total. The molecule has 0 aliphatic rings. The molecule has 0 saturated carbocycles. The zero-order chi connectivity index (χ0) is 38.6. The minimum atomic E-state index is -2.33. The summed E-state index contributed by atoms with van der Waals surface area (Å²) >= 11 is 0. The quantitative estimate of drug-likeness (QED) is 0.0798. The van der Waals surface area contributed by atoms with Crippen LogP contribution in [0, 0.1) is 29.1 Å². The van der Waals surface area contributed by atoms with Gasteiger partial charge in [-0.2, -0.15) is 13.9 Å². The molecule has 13 nitrogen and oxygen atoms in total. The first-order chi connectivity index (χ1) is 25.1. The molecule has 18 heteroatoms. The molecule has 5 aromatic rings. The fraction of sp³-hybridized carbons (Fsp3) is 0.286. The number of ether oxygens (including phenoxy) is 2. The molecule has 0 spiro atoms. The smallest absolute Gasteiger partial charge is 0.343 e. The Kier molecular flexibility index (Phi) is 11.3. The molecule has 0 aliphatic heterocycles. The van der Waals surface area contributed by atoms with E-state index in [0.29, 0.717) is 16.7 Å². The molecule has 0 bridgehead atoms. The van der Waals surface area contributed by atoms with Gasteiger partial charge in [-0.3, -0.25) is 19.0 Å². The number of fused-ring (bicyclic) bond motifs is 1. The van der Waals surface area contributed by atoms with Crippen molar-refractivity contribution >= 4 is 28.5 Å². The lowest BCUT2D eigenvalue weighted by Gasteiger charge is -2.24. The molecular formula is C35H33F5N6O7. The second-order valence-corrected chi connectivity index (χ2v) is 12.4. The van der Waals surface area contributed by atoms with Gasteiger partial charge in [0.15, 0.2) is 23.2 Å². The van der Waals surface area contributed by atoms with Crippen LogP contribution < -0.4 is 25.8 Å². The molecule has 2 aromatic heterocycles. The topological polar surface area (TPSA) is 180 Å². The largest absolute Gasteiger partial charge is 0.496 e. The molecular weight excluding hydrogens is 711 g/mol. The maximum Gasteiger partial charge on any atom is 0.343 e. The SMILES string of the molecule is COc1cccc2[nH]c(C(=O)N[C@@H](Cc3cccc(F)c3)C(=O)N[C@@H](CCn3cn[nH]c3=O)C(=O)COc3c(F)c(F)c(C(C)(C)O)c(F)c3F)cc12. The summed E-state index contributed by atoms with van der Waals surface area (Å²) in [5.41, 5.74) is -3.45. The van der Waals surface area contributed by atoms with Gasteiger partial charge in [0.25, 0.3) is 5.91 Å². The molecule has 0 radical (unpaired) electrons. The third-order valence-corrected chi connectivity index (χ3v) is 8.22. The van der Waals surface area contributed by atoms with E-state index in [9.17, 15) is 46.2 Å². The number of benzene rings is 3. The van der Waals surface area contributed by atoms with E-state index in [4.69, 9.17) is 9.47 Å². The summed E-state index contributed by atoms with van der Waals surface area (Å²) in [5.74, 6) is -12.5. The van der Waals surface area contributed by atoms with Gasteiger partial charge in [0.2, 0.25) is 17.5 Å². The fourth-order valence-corrected chi connectivity index (χ4v) is 5.58. The summed E-state index contributed by atoms with van der Waals surface area (Å²) in [4.78, 5) is 55.8. The highest BCUT2D eigenvalue weighted by atomic mass is 19.2. The van der Waals surface area contributed by atoms with Crippen LogP contribution in [0.25, 0.3) is 10.9 Å². The fourth-order valence-electron chi connectivity index (χ4n) is 5.58. The number of nitrogens with zero attached hydrogens (tertiary/aromatic N) is 2. The van der Waals surface area contributed by atoms with Crippen LogP contribution in [0.15, 0.2) is 59.7 Å². The second kappa shape index (κ2) is 15.7. The second-order valence-electron chi connectivity index (χ2n) is 12.4. The van der Waals surface area contributed by atoms with Crippen molar-refractivity contribution in [1.82, 2.24) is 30.4 Å². The Morgan fingerprint density at radius 2 is 1.66 bits per heavy atom. The normalized spacial score (nSPS) is 12.7. The summed E-state index contributed by atoms with van der Waals surface area (Å²) in [7, 11) is 1.45. The van der Waals surface area contributed by atoms with E-state index in [0.717, 1.165) is 30.8 Å². The number of aryl methyl sites for hydroxylation is 1. The Labute approximate surface area is 297 Å². The maximum atomic E-state index is 14.9. The van der Waals surface area contributed by atoms with Crippen LogP contribution in [0.3, 0.4) is 0 Å². The Bertz CT molecular complexity index is 2200. The van der Waals surface area contributed by atoms with Crippen molar-refractivity contribution in [2.75, 3.05) is 13.7 Å². The number of rotatable bonds is 15. The van der Waals surface area contributed by atoms with Crippen LogP contribution in [-0.2, 0) is 28.2 Å². The van der Waals surface area contributed by atoms with Gasteiger partial charge >= 0.3 is 5.69 Å². The van der Waals surface area contributed by atoms with E-state index in [2.05, 4.69) is 25.8 Å². The first-order valence-corrected chi connectivity index (χ1v) is 15.9. The number of hydrogen-bond donors (Lipinski definition) is 5. The molecule has 0 unspecified atom stereocenters. The van der Waals surface area contributed by atoms with Crippen LogP contribution >= 0.6 is 0 Å². The Morgan fingerprint density at radius 1 is 0.962 bits per heavy atom. The van der Waals surface area contributed by atoms with Gasteiger partial charge in [-0.1, -0.05) is 18.2 Å². The predicted molar refractivity (Wildman–Crippen MR) is 178 cm³/mol. The van der Waals surface area contributed by atoms with Crippen molar-refractivity contribution in [3.63, 3.8) is 0 Å². The number of methoxy groups -OCH3 is 1. The monoisotopic (exact) mass is 744 g/mol. The predicted octanol–water partition coefficient (Wildman–Crippen LogP) is 3.55. The average Bonchev–Trinajstić information content (AvgIpc) is 3.74. The highest BCUT2D eigenvalue weighted by Crippen LogP contribution is 2.35. The molecule has 2 heterocycles. The zero-order valence-electron chi connectivity index (χ0n) is 28.4. The van der Waals surface area contributed by atoms with E-state index in [1.54, 1.807) is 18.2 Å². The van der Waals surface area contributed by atoms with E-state index >= 15 is 0 Å². The van der Waals surface area contributed by atoms with E-state index in [-0.39, 0.29) is 30.6 Å². The number of halogens is 5. The van der Waals surface area contributed by atoms with Crippen molar-refractivity contribution < 1.29 is 50.9 Å². The van der Waals surface area contributed by atoms with Crippen molar-refractivity contribution in [2.45, 2.75) is 50.9 Å². The molecule has 2 amide bonds. The Balaban J connectivity index is 1.42. The summed E-state index contributed by atoms with van der Waals surface area (Å²) in [6.45, 7) is 0.322. The lowest BCUT2D eigenvalue weighted by atomic mass is 9.96. The maximum absolute atomic E-state index is 14.9. The number of amides is 2. The number of aromatic nitrogens is 4. The van der Waals surface area contributed by atoms with Gasteiger partial charge in [-0.05, 0) is 56.2 Å². The lowest BCUT2D eigenvalue weighted by Crippen LogP contribution is -2.53. The number of carbonyl (C=O) groups excluding carboxylic acids is 3. The minimum Gasteiger partial charge on any atom is -0.496 e. The molecule has 280 valence electrons. The summed E-state index contributed by atoms with van der Waals surface area (Å²) in [6.07, 6.45) is 0.478. The number of Topliss-reactive ketones (excluding diaryl/α,β-unsaturated/α-hetero) is 1. The van der Waals surface area contributed by atoms with Crippen LogP contribution in [0.1, 0.15) is 41.9 Å². The van der Waals surface area contributed by atoms with Crippen molar-refractivity contribution in [2.24, 2.45) is 0 Å². The van der Waals surface area contributed by atoms with E-state index in [1.807, 2.05) is 0 Å². The molecule has 0 fully saturated rings. The van der Waals surface area contributed by atoms with Gasteiger partial charge in [-0.15, -0.1) is 0 Å². The molecule has 0 aliphatic carbocycles. The number of hydrogen-bond acceptors (Lipinski definition) is 8. The van der Waals surface area contributed by atoms with Crippen LogP contribution in [-0.4, -0.2) is 68.3 Å². The van der Waals surface area contributed by atoms with Crippen molar-refractivity contribution in [3.05, 3.63) is 111 Å². The number of H-pyrrole nitrogens is 2. The highest BCUT2D eigenvalue weighted by Gasteiger charge is 2.35. The van der Waals surface area contributed by atoms with Crippen LogP contribution in [0.5, 0.6) is 11.5 Å². The summed E-state index contributed by atoms with van der Waals surface area (Å²) in [5, 5.41) is 21.3. The number of ketones is 1. The first-order valence-electron chi connectivity index (χ1n) is 15.9. The summed E-state index contributed by atoms with van der Waals surface area (Å²) < 4.78 is 84.6. The first kappa shape index (κ1) is 38.2. The van der Waals surface area contributed by atoms with E-state index in [1.165, 1.54) is 31.4 Å².